The Kier molecular flexibility index (Phi) is 4.45. The minimum absolute atomic E-state index is 0.493. The lowest BCUT2D eigenvalue weighted by molar-refractivity contribution is 0.405. The molecule has 4 aromatic heterocycles. The zero-order valence-electron chi connectivity index (χ0n) is 14.7. The number of nitrogens with one attached hydrogen (secondary N) is 1. The molecule has 7 heteroatoms. The molecule has 0 aliphatic heterocycles. The Morgan fingerprint density at radius 3 is 2.50 bits per heavy atom. The van der Waals surface area contributed by atoms with Crippen molar-refractivity contribution in [3.05, 3.63) is 43.1 Å². The van der Waals surface area contributed by atoms with E-state index >= 15 is 0 Å². The molecule has 0 aliphatic carbocycles. The van der Waals surface area contributed by atoms with Crippen LogP contribution in [-0.4, -0.2) is 42.1 Å². The quantitative estimate of drug-likeness (QED) is 0.501. The van der Waals surface area contributed by atoms with Crippen LogP contribution in [0.1, 0.15) is 6.42 Å². The number of aromatic nitrogens is 2. The lowest BCUT2D eigenvalue weighted by Crippen LogP contribution is -2.16. The van der Waals surface area contributed by atoms with Gasteiger partial charge < -0.3 is 23.5 Å². The Morgan fingerprint density at radius 2 is 1.81 bits per heavy atom. The van der Waals surface area contributed by atoms with Gasteiger partial charge in [-0.15, -0.1) is 0 Å². The van der Waals surface area contributed by atoms with Gasteiger partial charge in [-0.1, -0.05) is 0 Å². The van der Waals surface area contributed by atoms with Crippen LogP contribution in [0.3, 0.4) is 0 Å². The smallest absolute Gasteiger partial charge is 0.232 e. The van der Waals surface area contributed by atoms with Crippen LogP contribution < -0.4 is 5.32 Å². The molecule has 0 atom stereocenters. The van der Waals surface area contributed by atoms with Crippen molar-refractivity contribution in [2.24, 2.45) is 0 Å². The van der Waals surface area contributed by atoms with Gasteiger partial charge >= 0.3 is 0 Å². The molecule has 7 nitrogen and oxygen atoms in total. The molecule has 0 fully saturated rings. The van der Waals surface area contributed by atoms with Crippen LogP contribution in [0.15, 0.2) is 56.4 Å². The van der Waals surface area contributed by atoms with Crippen molar-refractivity contribution in [2.45, 2.75) is 6.42 Å². The highest BCUT2D eigenvalue weighted by molar-refractivity contribution is 6.04. The van der Waals surface area contributed by atoms with Crippen LogP contribution in [0, 0.1) is 0 Å². The van der Waals surface area contributed by atoms with E-state index in [0.29, 0.717) is 23.0 Å². The van der Waals surface area contributed by atoms with Crippen LogP contribution in [0.5, 0.6) is 0 Å². The van der Waals surface area contributed by atoms with E-state index in [1.165, 1.54) is 6.33 Å². The lowest BCUT2D eigenvalue weighted by Gasteiger charge is -2.10. The fraction of sp³-hybridized carbons (Fsp3) is 0.263. The van der Waals surface area contributed by atoms with Gasteiger partial charge in [0, 0.05) is 6.54 Å². The Bertz CT molecular complexity index is 972. The second kappa shape index (κ2) is 7.05. The number of hydrogen-bond donors (Lipinski definition) is 1. The topological polar surface area (TPSA) is 80.5 Å². The molecule has 0 spiro atoms. The van der Waals surface area contributed by atoms with Gasteiger partial charge in [0.1, 0.15) is 17.9 Å². The van der Waals surface area contributed by atoms with E-state index in [9.17, 15) is 0 Å². The zero-order valence-corrected chi connectivity index (χ0v) is 14.7. The molecule has 0 aromatic carbocycles. The second-order valence-electron chi connectivity index (χ2n) is 6.25. The number of furan rings is 3. The summed E-state index contributed by atoms with van der Waals surface area (Å²) in [5.41, 5.74) is 1.28. The van der Waals surface area contributed by atoms with Crippen LogP contribution in [0.4, 0.5) is 5.82 Å². The third kappa shape index (κ3) is 3.09. The first-order valence-electron chi connectivity index (χ1n) is 8.48. The molecule has 0 radical (unpaired) electrons. The molecule has 4 aromatic rings. The van der Waals surface area contributed by atoms with Crippen molar-refractivity contribution in [1.82, 2.24) is 14.9 Å². The van der Waals surface area contributed by atoms with Gasteiger partial charge in [-0.25, -0.2) is 9.97 Å². The normalized spacial score (nSPS) is 11.5. The molecule has 0 bridgehead atoms. The summed E-state index contributed by atoms with van der Waals surface area (Å²) < 4.78 is 17.2. The van der Waals surface area contributed by atoms with Crippen LogP contribution in [0.2, 0.25) is 0 Å². The van der Waals surface area contributed by atoms with E-state index in [0.717, 1.165) is 36.3 Å². The number of hydrogen-bond acceptors (Lipinski definition) is 7. The summed E-state index contributed by atoms with van der Waals surface area (Å²) in [5.74, 6) is 2.60. The predicted octanol–water partition coefficient (Wildman–Crippen LogP) is 4.11. The van der Waals surface area contributed by atoms with Gasteiger partial charge in [0.2, 0.25) is 5.71 Å². The molecule has 134 valence electrons. The van der Waals surface area contributed by atoms with E-state index < -0.39 is 0 Å². The average Bonchev–Trinajstić information content (AvgIpc) is 3.37. The molecule has 0 saturated heterocycles. The molecule has 0 amide bonds. The monoisotopic (exact) mass is 352 g/mol. The molecule has 26 heavy (non-hydrogen) atoms. The second-order valence-corrected chi connectivity index (χ2v) is 6.25. The van der Waals surface area contributed by atoms with Gasteiger partial charge in [0.05, 0.1) is 23.5 Å². The summed E-state index contributed by atoms with van der Waals surface area (Å²) >= 11 is 0. The Labute approximate surface area is 150 Å². The van der Waals surface area contributed by atoms with Crippen LogP contribution in [0.25, 0.3) is 33.9 Å². The maximum atomic E-state index is 6.00. The molecule has 0 saturated carbocycles. The summed E-state index contributed by atoms with van der Waals surface area (Å²) in [6.45, 7) is 1.79. The van der Waals surface area contributed by atoms with Crippen LogP contribution in [-0.2, 0) is 0 Å². The molecule has 0 aliphatic rings. The highest BCUT2D eigenvalue weighted by atomic mass is 16.4. The maximum absolute atomic E-state index is 6.00. The fourth-order valence-electron chi connectivity index (χ4n) is 2.91. The van der Waals surface area contributed by atoms with Gasteiger partial charge in [-0.05, 0) is 51.3 Å². The minimum atomic E-state index is 0.493. The summed E-state index contributed by atoms with van der Waals surface area (Å²) in [5, 5.41) is 4.18. The van der Waals surface area contributed by atoms with Crippen molar-refractivity contribution >= 4 is 16.9 Å². The largest absolute Gasteiger partial charge is 0.464 e. The van der Waals surface area contributed by atoms with Crippen LogP contribution >= 0.6 is 0 Å². The van der Waals surface area contributed by atoms with Gasteiger partial charge in [0.25, 0.3) is 0 Å². The van der Waals surface area contributed by atoms with E-state index in [2.05, 4.69) is 34.3 Å². The molecule has 1 N–H and O–H groups in total. The van der Waals surface area contributed by atoms with E-state index in [1.807, 2.05) is 24.3 Å². The zero-order chi connectivity index (χ0) is 17.9. The van der Waals surface area contributed by atoms with E-state index in [-0.39, 0.29) is 0 Å². The Hall–Kier alpha value is -3.06. The van der Waals surface area contributed by atoms with Crippen molar-refractivity contribution in [1.29, 1.82) is 0 Å². The fourth-order valence-corrected chi connectivity index (χ4v) is 2.91. The minimum Gasteiger partial charge on any atom is -0.464 e. The van der Waals surface area contributed by atoms with Crippen molar-refractivity contribution in [2.75, 3.05) is 32.5 Å². The summed E-state index contributed by atoms with van der Waals surface area (Å²) in [6.07, 6.45) is 5.74. The molecule has 4 heterocycles. The summed E-state index contributed by atoms with van der Waals surface area (Å²) in [6, 6.07) is 7.40. The first-order chi connectivity index (χ1) is 12.7. The first-order valence-corrected chi connectivity index (χ1v) is 8.48. The standard InChI is InChI=1S/C19H20N4O3/c1-23(2)9-5-8-20-18-16-15(13-6-3-10-24-13)17(14-7-4-11-25-14)26-19(16)22-12-21-18/h3-4,6-7,10-12H,5,8-9H2,1-2H3,(H,20,21,22). The van der Waals surface area contributed by atoms with E-state index in [4.69, 9.17) is 13.3 Å². The van der Waals surface area contributed by atoms with Crippen molar-refractivity contribution in [3.8, 4) is 22.8 Å². The summed E-state index contributed by atoms with van der Waals surface area (Å²) in [7, 11) is 4.12. The Morgan fingerprint density at radius 1 is 1.04 bits per heavy atom. The molecular formula is C19H20N4O3. The third-order valence-electron chi connectivity index (χ3n) is 4.08. The average molecular weight is 352 g/mol. The van der Waals surface area contributed by atoms with Crippen molar-refractivity contribution < 1.29 is 13.3 Å². The summed E-state index contributed by atoms with van der Waals surface area (Å²) in [4.78, 5) is 10.9. The third-order valence-corrected chi connectivity index (χ3v) is 4.08. The van der Waals surface area contributed by atoms with Crippen molar-refractivity contribution in [3.63, 3.8) is 0 Å². The predicted molar refractivity (Wildman–Crippen MR) is 98.9 cm³/mol. The molecule has 4 rings (SSSR count). The number of fused-ring (bicyclic) bond motifs is 1. The number of rotatable bonds is 7. The lowest BCUT2D eigenvalue weighted by atomic mass is 10.1. The number of nitrogens with zero attached hydrogens (tertiary/aromatic N) is 3. The van der Waals surface area contributed by atoms with Gasteiger partial charge in [-0.2, -0.15) is 0 Å². The molecule has 0 unspecified atom stereocenters. The highest BCUT2D eigenvalue weighted by Crippen LogP contribution is 2.42. The molecular weight excluding hydrogens is 332 g/mol. The van der Waals surface area contributed by atoms with Gasteiger partial charge in [0.15, 0.2) is 11.5 Å². The first kappa shape index (κ1) is 16.4. The van der Waals surface area contributed by atoms with E-state index in [1.54, 1.807) is 12.5 Å². The Balaban J connectivity index is 1.79. The highest BCUT2D eigenvalue weighted by Gasteiger charge is 2.25. The van der Waals surface area contributed by atoms with Gasteiger partial charge in [-0.3, -0.25) is 0 Å². The SMILES string of the molecule is CN(C)CCCNc1ncnc2oc(-c3ccco3)c(-c3ccco3)c12. The maximum Gasteiger partial charge on any atom is 0.232 e. The number of anilines is 1.